The molecule has 1 N–H and O–H groups in total. The quantitative estimate of drug-likeness (QED) is 0.654. The molecule has 22 heavy (non-hydrogen) atoms. The first-order chi connectivity index (χ1) is 10.7. The Morgan fingerprint density at radius 2 is 1.82 bits per heavy atom. The number of carbonyl (C=O) groups is 1. The Bertz CT molecular complexity index is 618. The molecule has 114 valence electrons. The van der Waals surface area contributed by atoms with Crippen molar-refractivity contribution in [1.82, 2.24) is 5.32 Å². The minimum absolute atomic E-state index is 0.0418. The van der Waals surface area contributed by atoms with Crippen LogP contribution >= 0.6 is 0 Å². The van der Waals surface area contributed by atoms with Gasteiger partial charge in [0.15, 0.2) is 0 Å². The molecule has 2 rings (SSSR count). The lowest BCUT2D eigenvalue weighted by Gasteiger charge is -2.16. The molecule has 3 nitrogen and oxygen atoms in total. The second-order valence-electron chi connectivity index (χ2n) is 5.14. The average Bonchev–Trinajstić information content (AvgIpc) is 2.56. The number of nitrogens with one attached hydrogen (secondary N) is 1. The molecule has 1 atom stereocenters. The summed E-state index contributed by atoms with van der Waals surface area (Å²) in [5, 5.41) is 3.46. The molecule has 3 heteroatoms. The van der Waals surface area contributed by atoms with Gasteiger partial charge in [-0.25, -0.2) is 4.79 Å². The zero-order valence-electron chi connectivity index (χ0n) is 13.0. The van der Waals surface area contributed by atoms with Gasteiger partial charge in [0.1, 0.15) is 0 Å². The van der Waals surface area contributed by atoms with Crippen LogP contribution in [0.3, 0.4) is 0 Å². The van der Waals surface area contributed by atoms with Gasteiger partial charge < -0.3 is 10.1 Å². The summed E-state index contributed by atoms with van der Waals surface area (Å²) in [4.78, 5) is 11.3. The number of esters is 1. The van der Waals surface area contributed by atoms with E-state index >= 15 is 0 Å². The van der Waals surface area contributed by atoms with E-state index in [-0.39, 0.29) is 12.0 Å². The molecule has 0 unspecified atom stereocenters. The van der Waals surface area contributed by atoms with Gasteiger partial charge in [-0.2, -0.15) is 0 Å². The molecule has 0 aliphatic carbocycles. The Hall–Kier alpha value is -2.39. The van der Waals surface area contributed by atoms with E-state index in [0.717, 1.165) is 12.1 Å². The summed E-state index contributed by atoms with van der Waals surface area (Å²) in [5.41, 5.74) is 3.52. The van der Waals surface area contributed by atoms with Crippen LogP contribution in [0.25, 0.3) is 0 Å². The molecular formula is C19H21NO2. The second kappa shape index (κ2) is 8.15. The number of hydrogen-bond acceptors (Lipinski definition) is 3. The molecule has 0 aliphatic rings. The maximum atomic E-state index is 11.3. The van der Waals surface area contributed by atoms with Gasteiger partial charge in [-0.15, -0.1) is 0 Å². The third kappa shape index (κ3) is 4.86. The monoisotopic (exact) mass is 295 g/mol. The fourth-order valence-corrected chi connectivity index (χ4v) is 2.14. The van der Waals surface area contributed by atoms with Crippen LogP contribution in [0.15, 0.2) is 66.7 Å². The molecule has 0 fully saturated rings. The molecule has 0 bridgehead atoms. The van der Waals surface area contributed by atoms with Crippen LogP contribution in [-0.2, 0) is 16.1 Å². The third-order valence-electron chi connectivity index (χ3n) is 3.43. The first-order valence-corrected chi connectivity index (χ1v) is 7.29. The highest BCUT2D eigenvalue weighted by atomic mass is 16.5. The van der Waals surface area contributed by atoms with Crippen LogP contribution < -0.4 is 5.32 Å². The van der Waals surface area contributed by atoms with Gasteiger partial charge in [0.2, 0.25) is 0 Å². The van der Waals surface area contributed by atoms with Crippen molar-refractivity contribution >= 4 is 5.97 Å². The number of hydrogen-bond donors (Lipinski definition) is 1. The van der Waals surface area contributed by atoms with Crippen molar-refractivity contribution in [1.29, 1.82) is 0 Å². The van der Waals surface area contributed by atoms with Gasteiger partial charge in [-0.3, -0.25) is 0 Å². The van der Waals surface area contributed by atoms with Gasteiger partial charge in [0, 0.05) is 12.6 Å². The molecule has 0 spiro atoms. The van der Waals surface area contributed by atoms with Crippen molar-refractivity contribution in [2.45, 2.75) is 19.5 Å². The smallest absolute Gasteiger partial charge is 0.330 e. The van der Waals surface area contributed by atoms with Gasteiger partial charge in [0.25, 0.3) is 0 Å². The Balaban J connectivity index is 2.12. The van der Waals surface area contributed by atoms with Crippen LogP contribution in [-0.4, -0.2) is 13.1 Å². The minimum atomic E-state index is -0.348. The van der Waals surface area contributed by atoms with Crippen LogP contribution in [0.4, 0.5) is 0 Å². The number of ether oxygens (including phenoxy) is 1. The molecule has 0 aliphatic heterocycles. The first kappa shape index (κ1) is 16.0. The lowest BCUT2D eigenvalue weighted by molar-refractivity contribution is -0.134. The van der Waals surface area contributed by atoms with E-state index in [0.29, 0.717) is 0 Å². The lowest BCUT2D eigenvalue weighted by Crippen LogP contribution is -2.19. The molecule has 0 amide bonds. The normalized spacial score (nSPS) is 12.3. The summed E-state index contributed by atoms with van der Waals surface area (Å²) >= 11 is 0. The predicted octanol–water partition coefficient (Wildman–Crippen LogP) is 3.56. The van der Waals surface area contributed by atoms with Gasteiger partial charge in [-0.05, 0) is 18.1 Å². The summed E-state index contributed by atoms with van der Waals surface area (Å²) in [6, 6.07) is 18.4. The van der Waals surface area contributed by atoms with Crippen molar-refractivity contribution in [2.75, 3.05) is 7.11 Å². The van der Waals surface area contributed by atoms with Crippen molar-refractivity contribution in [3.63, 3.8) is 0 Å². The summed E-state index contributed by atoms with van der Waals surface area (Å²) in [6.45, 7) is 2.78. The van der Waals surface area contributed by atoms with Gasteiger partial charge >= 0.3 is 5.97 Å². The highest BCUT2D eigenvalue weighted by molar-refractivity contribution is 5.81. The van der Waals surface area contributed by atoms with E-state index in [4.69, 9.17) is 0 Å². The van der Waals surface area contributed by atoms with Gasteiger partial charge in [0.05, 0.1) is 13.2 Å². The largest absolute Gasteiger partial charge is 0.466 e. The van der Waals surface area contributed by atoms with Crippen LogP contribution in [0.5, 0.6) is 0 Å². The van der Waals surface area contributed by atoms with E-state index in [1.807, 2.05) is 24.3 Å². The standard InChI is InChI=1S/C19H21NO2/c1-15-8-10-17(11-9-15)18(12-13-19(21)22-2)20-14-16-6-4-3-5-7-16/h3-13,18,20H,14H2,1-2H3/b13-12+/t18-/m1/s1. The summed E-state index contributed by atoms with van der Waals surface area (Å²) < 4.78 is 4.66. The van der Waals surface area contributed by atoms with Crippen molar-refractivity contribution in [3.05, 3.63) is 83.4 Å². The Kier molecular flexibility index (Phi) is 5.92. The zero-order valence-corrected chi connectivity index (χ0v) is 13.0. The fraction of sp³-hybridized carbons (Fsp3) is 0.211. The van der Waals surface area contributed by atoms with Crippen LogP contribution in [0.2, 0.25) is 0 Å². The molecule has 0 heterocycles. The molecule has 0 saturated carbocycles. The number of rotatable bonds is 6. The molecule has 2 aromatic rings. The van der Waals surface area contributed by atoms with Crippen LogP contribution in [0.1, 0.15) is 22.7 Å². The molecule has 0 aromatic heterocycles. The maximum Gasteiger partial charge on any atom is 0.330 e. The fourth-order valence-electron chi connectivity index (χ4n) is 2.14. The van der Waals surface area contributed by atoms with Crippen molar-refractivity contribution in [3.8, 4) is 0 Å². The SMILES string of the molecule is COC(=O)/C=C/[C@@H](NCc1ccccc1)c1ccc(C)cc1. The molecule has 0 radical (unpaired) electrons. The number of carbonyl (C=O) groups excluding carboxylic acids is 1. The Labute approximate surface area is 131 Å². The zero-order chi connectivity index (χ0) is 15.8. The summed E-state index contributed by atoms with van der Waals surface area (Å²) in [7, 11) is 1.38. The van der Waals surface area contributed by atoms with Gasteiger partial charge in [-0.1, -0.05) is 66.2 Å². The lowest BCUT2D eigenvalue weighted by atomic mass is 10.0. The molecule has 0 saturated heterocycles. The van der Waals surface area contributed by atoms with Crippen molar-refractivity contribution < 1.29 is 9.53 Å². The highest BCUT2D eigenvalue weighted by Crippen LogP contribution is 2.16. The highest BCUT2D eigenvalue weighted by Gasteiger charge is 2.08. The van der Waals surface area contributed by atoms with Crippen molar-refractivity contribution in [2.24, 2.45) is 0 Å². The average molecular weight is 295 g/mol. The minimum Gasteiger partial charge on any atom is -0.466 e. The first-order valence-electron chi connectivity index (χ1n) is 7.29. The molecule has 2 aromatic carbocycles. The third-order valence-corrected chi connectivity index (χ3v) is 3.43. The Morgan fingerprint density at radius 3 is 2.45 bits per heavy atom. The van der Waals surface area contributed by atoms with E-state index in [1.165, 1.54) is 24.3 Å². The number of aryl methyl sites for hydroxylation is 1. The summed E-state index contributed by atoms with van der Waals surface area (Å²) in [6.07, 6.45) is 3.29. The predicted molar refractivity (Wildman–Crippen MR) is 88.4 cm³/mol. The van der Waals surface area contributed by atoms with E-state index in [2.05, 4.69) is 53.4 Å². The van der Waals surface area contributed by atoms with E-state index in [1.54, 1.807) is 0 Å². The number of benzene rings is 2. The maximum absolute atomic E-state index is 11.3. The second-order valence-corrected chi connectivity index (χ2v) is 5.14. The summed E-state index contributed by atoms with van der Waals surface area (Å²) in [5.74, 6) is -0.348. The van der Waals surface area contributed by atoms with E-state index in [9.17, 15) is 4.79 Å². The number of methoxy groups -OCH3 is 1. The van der Waals surface area contributed by atoms with Crippen LogP contribution in [0, 0.1) is 6.92 Å². The molecular weight excluding hydrogens is 274 g/mol. The Morgan fingerprint density at radius 1 is 1.14 bits per heavy atom. The van der Waals surface area contributed by atoms with E-state index < -0.39 is 0 Å². The topological polar surface area (TPSA) is 38.3 Å².